The molecular formula is C28H40N4O3. The summed E-state index contributed by atoms with van der Waals surface area (Å²) < 4.78 is 11.6. The molecule has 0 saturated carbocycles. The molecule has 7 nitrogen and oxygen atoms in total. The van der Waals surface area contributed by atoms with E-state index in [1.165, 1.54) is 5.69 Å². The van der Waals surface area contributed by atoms with Crippen molar-refractivity contribution in [2.24, 2.45) is 0 Å². The molecule has 0 spiro atoms. The minimum Gasteiger partial charge on any atom is -0.495 e. The molecular weight excluding hydrogens is 440 g/mol. The fourth-order valence-electron chi connectivity index (χ4n) is 4.87. The molecule has 2 aromatic carbocycles. The molecule has 0 atom stereocenters. The number of anilines is 2. The molecule has 190 valence electrons. The minimum absolute atomic E-state index is 0.269. The number of unbranched alkanes of at least 4 members (excludes halogenated alkanes) is 2. The van der Waals surface area contributed by atoms with Gasteiger partial charge in [-0.3, -0.25) is 4.79 Å². The van der Waals surface area contributed by atoms with Crippen LogP contribution in [0.1, 0.15) is 25.7 Å². The third kappa shape index (κ3) is 6.82. The number of amides is 1. The summed E-state index contributed by atoms with van der Waals surface area (Å²) in [5.41, 5.74) is 2.30. The van der Waals surface area contributed by atoms with E-state index in [0.717, 1.165) is 88.8 Å². The zero-order valence-electron chi connectivity index (χ0n) is 21.3. The van der Waals surface area contributed by atoms with Gasteiger partial charge in [-0.2, -0.15) is 0 Å². The number of hydrogen-bond donors (Lipinski definition) is 0. The Balaban J connectivity index is 1.13. The molecule has 1 amide bonds. The normalized spacial score (nSPS) is 16.9. The Morgan fingerprint density at radius 1 is 0.743 bits per heavy atom. The lowest BCUT2D eigenvalue weighted by Gasteiger charge is -2.36. The number of likely N-dealkylation sites (N-methyl/N-ethyl adjacent to an activating group) is 1. The van der Waals surface area contributed by atoms with E-state index in [0.29, 0.717) is 13.0 Å². The molecule has 2 aliphatic rings. The number of hydrogen-bond acceptors (Lipinski definition) is 6. The fraction of sp³-hybridized carbons (Fsp3) is 0.536. The number of benzene rings is 2. The second kappa shape index (κ2) is 12.7. The highest BCUT2D eigenvalue weighted by atomic mass is 16.5. The molecule has 0 aromatic heterocycles. The van der Waals surface area contributed by atoms with Crippen molar-refractivity contribution in [2.45, 2.75) is 25.7 Å². The molecule has 0 bridgehead atoms. The summed E-state index contributed by atoms with van der Waals surface area (Å²) >= 11 is 0. The first-order chi connectivity index (χ1) is 17.2. The predicted molar refractivity (Wildman–Crippen MR) is 142 cm³/mol. The van der Waals surface area contributed by atoms with Crippen LogP contribution in [0.4, 0.5) is 11.4 Å². The maximum atomic E-state index is 12.7. The lowest BCUT2D eigenvalue weighted by Crippen LogP contribution is -2.48. The number of rotatable bonds is 10. The number of ether oxygens (including phenoxy) is 2. The van der Waals surface area contributed by atoms with Gasteiger partial charge in [0.05, 0.1) is 25.1 Å². The molecule has 0 radical (unpaired) electrons. The average Bonchev–Trinajstić information content (AvgIpc) is 2.91. The van der Waals surface area contributed by atoms with Gasteiger partial charge in [0.1, 0.15) is 11.5 Å². The van der Waals surface area contributed by atoms with Crippen molar-refractivity contribution >= 4 is 17.3 Å². The fourth-order valence-corrected chi connectivity index (χ4v) is 4.87. The van der Waals surface area contributed by atoms with Gasteiger partial charge in [0, 0.05) is 58.8 Å². The van der Waals surface area contributed by atoms with E-state index in [2.05, 4.69) is 46.0 Å². The van der Waals surface area contributed by atoms with Crippen LogP contribution in [0, 0.1) is 0 Å². The molecule has 7 heteroatoms. The molecule has 2 aromatic rings. The van der Waals surface area contributed by atoms with Gasteiger partial charge < -0.3 is 29.1 Å². The Bertz CT molecular complexity index is 937. The first-order valence-electron chi connectivity index (χ1n) is 13.0. The van der Waals surface area contributed by atoms with Crippen molar-refractivity contribution in [3.63, 3.8) is 0 Å². The van der Waals surface area contributed by atoms with E-state index in [4.69, 9.17) is 9.47 Å². The van der Waals surface area contributed by atoms with Crippen LogP contribution in [0.2, 0.25) is 0 Å². The standard InChI is InChI=1S/C28H40N4O3/c1-29-15-17-30(18-16-29)25-11-6-8-13-27(25)35-23-9-3-4-14-28(33)32-21-19-31(20-22-32)24-10-5-7-12-26(24)34-2/h5-8,10-13H,3-4,9,14-23H2,1-2H3. The highest BCUT2D eigenvalue weighted by Crippen LogP contribution is 2.30. The SMILES string of the molecule is COc1ccccc1N1CCN(C(=O)CCCCCOc2ccccc2N2CCN(C)CC2)CC1. The van der Waals surface area contributed by atoms with Crippen molar-refractivity contribution in [1.29, 1.82) is 0 Å². The van der Waals surface area contributed by atoms with Crippen LogP contribution in [0.3, 0.4) is 0 Å². The summed E-state index contributed by atoms with van der Waals surface area (Å²) in [5.74, 6) is 2.13. The number of methoxy groups -OCH3 is 1. The third-order valence-electron chi connectivity index (χ3n) is 7.06. The van der Waals surface area contributed by atoms with Crippen LogP contribution in [0.15, 0.2) is 48.5 Å². The summed E-state index contributed by atoms with van der Waals surface area (Å²) in [4.78, 5) is 21.8. The zero-order chi connectivity index (χ0) is 24.5. The number of carbonyl (C=O) groups excluding carboxylic acids is 1. The smallest absolute Gasteiger partial charge is 0.222 e. The largest absolute Gasteiger partial charge is 0.495 e. The Morgan fingerprint density at radius 3 is 1.97 bits per heavy atom. The Hall–Kier alpha value is -2.93. The quantitative estimate of drug-likeness (QED) is 0.483. The summed E-state index contributed by atoms with van der Waals surface area (Å²) in [5, 5.41) is 0. The first kappa shape index (κ1) is 25.2. The van der Waals surface area contributed by atoms with Gasteiger partial charge in [0.2, 0.25) is 5.91 Å². The summed E-state index contributed by atoms with van der Waals surface area (Å²) in [6, 6.07) is 16.4. The Kier molecular flexibility index (Phi) is 9.12. The van der Waals surface area contributed by atoms with Crippen LogP contribution in [-0.4, -0.2) is 88.8 Å². The second-order valence-corrected chi connectivity index (χ2v) is 9.46. The summed E-state index contributed by atoms with van der Waals surface area (Å²) in [6.45, 7) is 8.13. The molecule has 0 N–H and O–H groups in total. The lowest BCUT2D eigenvalue weighted by molar-refractivity contribution is -0.131. The maximum Gasteiger partial charge on any atom is 0.222 e. The molecule has 35 heavy (non-hydrogen) atoms. The van der Waals surface area contributed by atoms with Gasteiger partial charge in [-0.1, -0.05) is 24.3 Å². The molecule has 2 aliphatic heterocycles. The highest BCUT2D eigenvalue weighted by Gasteiger charge is 2.22. The van der Waals surface area contributed by atoms with E-state index in [1.54, 1.807) is 7.11 Å². The van der Waals surface area contributed by atoms with E-state index in [1.807, 2.05) is 29.2 Å². The molecule has 0 aliphatic carbocycles. The van der Waals surface area contributed by atoms with Gasteiger partial charge in [-0.25, -0.2) is 0 Å². The van der Waals surface area contributed by atoms with Crippen molar-refractivity contribution < 1.29 is 14.3 Å². The van der Waals surface area contributed by atoms with Crippen LogP contribution in [0.25, 0.3) is 0 Å². The van der Waals surface area contributed by atoms with Gasteiger partial charge in [0.25, 0.3) is 0 Å². The van der Waals surface area contributed by atoms with E-state index >= 15 is 0 Å². The van der Waals surface area contributed by atoms with E-state index in [9.17, 15) is 4.79 Å². The predicted octanol–water partition coefficient (Wildman–Crippen LogP) is 3.74. The van der Waals surface area contributed by atoms with Crippen molar-refractivity contribution in [3.8, 4) is 11.5 Å². The van der Waals surface area contributed by atoms with Gasteiger partial charge in [-0.15, -0.1) is 0 Å². The van der Waals surface area contributed by atoms with Crippen LogP contribution in [0.5, 0.6) is 11.5 Å². The minimum atomic E-state index is 0.269. The monoisotopic (exact) mass is 480 g/mol. The van der Waals surface area contributed by atoms with Crippen molar-refractivity contribution in [2.75, 3.05) is 82.9 Å². The number of carbonyl (C=O) groups is 1. The summed E-state index contributed by atoms with van der Waals surface area (Å²) in [7, 11) is 3.88. The summed E-state index contributed by atoms with van der Waals surface area (Å²) in [6.07, 6.45) is 3.50. The molecule has 0 unspecified atom stereocenters. The van der Waals surface area contributed by atoms with Gasteiger partial charge in [-0.05, 0) is 50.6 Å². The first-order valence-corrected chi connectivity index (χ1v) is 13.0. The molecule has 2 heterocycles. The Labute approximate surface area is 210 Å². The second-order valence-electron chi connectivity index (χ2n) is 9.46. The number of nitrogens with zero attached hydrogens (tertiary/aromatic N) is 4. The van der Waals surface area contributed by atoms with E-state index < -0.39 is 0 Å². The average molecular weight is 481 g/mol. The van der Waals surface area contributed by atoms with Gasteiger partial charge in [0.15, 0.2) is 0 Å². The number of piperazine rings is 2. The molecule has 2 saturated heterocycles. The van der Waals surface area contributed by atoms with Crippen LogP contribution >= 0.6 is 0 Å². The van der Waals surface area contributed by atoms with Crippen LogP contribution < -0.4 is 19.3 Å². The molecule has 2 fully saturated rings. The highest BCUT2D eigenvalue weighted by molar-refractivity contribution is 5.76. The topological polar surface area (TPSA) is 48.5 Å². The van der Waals surface area contributed by atoms with Crippen molar-refractivity contribution in [1.82, 2.24) is 9.80 Å². The lowest BCUT2D eigenvalue weighted by atomic mass is 10.1. The van der Waals surface area contributed by atoms with Gasteiger partial charge >= 0.3 is 0 Å². The van der Waals surface area contributed by atoms with Crippen LogP contribution in [-0.2, 0) is 4.79 Å². The molecule has 4 rings (SSSR count). The van der Waals surface area contributed by atoms with Crippen molar-refractivity contribution in [3.05, 3.63) is 48.5 Å². The number of para-hydroxylation sites is 4. The Morgan fingerprint density at radius 2 is 1.31 bits per heavy atom. The zero-order valence-corrected chi connectivity index (χ0v) is 21.3. The third-order valence-corrected chi connectivity index (χ3v) is 7.06. The maximum absolute atomic E-state index is 12.7. The van der Waals surface area contributed by atoms with E-state index in [-0.39, 0.29) is 5.91 Å².